The summed E-state index contributed by atoms with van der Waals surface area (Å²) in [6.45, 7) is 3.85. The van der Waals surface area contributed by atoms with Gasteiger partial charge in [0.1, 0.15) is 11.5 Å². The number of rotatable bonds is 7. The number of benzene rings is 2. The number of carbonyl (C=O) groups excluding carboxylic acids is 2. The Morgan fingerprint density at radius 3 is 2.20 bits per heavy atom. The van der Waals surface area contributed by atoms with Crippen molar-refractivity contribution in [3.8, 4) is 11.5 Å². The fourth-order valence-electron chi connectivity index (χ4n) is 4.21. The molecule has 0 spiro atoms. The first-order valence-electron chi connectivity index (χ1n) is 10.1. The van der Waals surface area contributed by atoms with Gasteiger partial charge in [0, 0.05) is 17.5 Å². The lowest BCUT2D eigenvalue weighted by Gasteiger charge is -2.38. The minimum Gasteiger partial charge on any atom is -0.497 e. The molecule has 0 saturated carbocycles. The second-order valence-electron chi connectivity index (χ2n) is 7.26. The molecule has 0 fully saturated rings. The van der Waals surface area contributed by atoms with Gasteiger partial charge in [0.2, 0.25) is 0 Å². The summed E-state index contributed by atoms with van der Waals surface area (Å²) in [7, 11) is 3.19. The van der Waals surface area contributed by atoms with Crippen LogP contribution in [0.25, 0.3) is 0 Å². The zero-order valence-electron chi connectivity index (χ0n) is 17.9. The largest absolute Gasteiger partial charge is 0.497 e. The van der Waals surface area contributed by atoms with E-state index in [9.17, 15) is 9.59 Å². The van der Waals surface area contributed by atoms with E-state index in [2.05, 4.69) is 0 Å². The van der Waals surface area contributed by atoms with Gasteiger partial charge in [-0.1, -0.05) is 30.3 Å². The third-order valence-electron chi connectivity index (χ3n) is 5.62. The summed E-state index contributed by atoms with van der Waals surface area (Å²) in [5.74, 6) is -0.0325. The maximum atomic E-state index is 13.1. The van der Waals surface area contributed by atoms with Crippen LogP contribution in [0.4, 0.5) is 0 Å². The number of carbonyl (C=O) groups is 2. The molecule has 0 radical (unpaired) electrons. The minimum atomic E-state index is -1.41. The van der Waals surface area contributed by atoms with Gasteiger partial charge in [0.25, 0.3) is 0 Å². The van der Waals surface area contributed by atoms with Crippen LogP contribution in [-0.4, -0.2) is 39.4 Å². The van der Waals surface area contributed by atoms with Crippen molar-refractivity contribution in [1.82, 2.24) is 0 Å². The van der Waals surface area contributed by atoms with E-state index in [1.54, 1.807) is 28.1 Å². The Morgan fingerprint density at radius 2 is 1.60 bits per heavy atom. The predicted octanol–water partition coefficient (Wildman–Crippen LogP) is 3.89. The first-order valence-corrected chi connectivity index (χ1v) is 10.1. The van der Waals surface area contributed by atoms with E-state index < -0.39 is 17.4 Å². The summed E-state index contributed by atoms with van der Waals surface area (Å²) in [4.78, 5) is 26.2. The summed E-state index contributed by atoms with van der Waals surface area (Å²) in [5, 5.41) is 0. The highest BCUT2D eigenvalue weighted by atomic mass is 16.6. The van der Waals surface area contributed by atoms with Gasteiger partial charge < -0.3 is 18.9 Å². The monoisotopic (exact) mass is 412 g/mol. The van der Waals surface area contributed by atoms with Gasteiger partial charge in [0.05, 0.1) is 27.4 Å². The van der Waals surface area contributed by atoms with E-state index in [4.69, 9.17) is 18.9 Å². The molecule has 2 aromatic rings. The lowest BCUT2D eigenvalue weighted by atomic mass is 9.65. The average Bonchev–Trinajstić information content (AvgIpc) is 2.78. The summed E-state index contributed by atoms with van der Waals surface area (Å²) >= 11 is 0. The molecule has 0 saturated heterocycles. The van der Waals surface area contributed by atoms with Crippen molar-refractivity contribution in [3.63, 3.8) is 0 Å². The number of fused-ring (bicyclic) bond motifs is 1. The molecule has 0 N–H and O–H groups in total. The zero-order chi connectivity index (χ0) is 21.7. The number of hydrogen-bond donors (Lipinski definition) is 0. The Bertz CT molecular complexity index is 902. The predicted molar refractivity (Wildman–Crippen MR) is 112 cm³/mol. The van der Waals surface area contributed by atoms with Crippen molar-refractivity contribution < 1.29 is 28.5 Å². The molecule has 0 aliphatic heterocycles. The van der Waals surface area contributed by atoms with Crippen molar-refractivity contribution in [2.24, 2.45) is 5.41 Å². The molecule has 6 nitrogen and oxygen atoms in total. The number of hydrogen-bond acceptors (Lipinski definition) is 6. The third kappa shape index (κ3) is 3.86. The Hall–Kier alpha value is -3.02. The van der Waals surface area contributed by atoms with Crippen molar-refractivity contribution in [3.05, 3.63) is 59.2 Å². The molecule has 1 unspecified atom stereocenters. The van der Waals surface area contributed by atoms with Gasteiger partial charge in [-0.25, -0.2) is 0 Å². The molecule has 2 aromatic carbocycles. The topological polar surface area (TPSA) is 71.1 Å². The molecule has 0 heterocycles. The van der Waals surface area contributed by atoms with E-state index >= 15 is 0 Å². The van der Waals surface area contributed by atoms with Crippen molar-refractivity contribution >= 4 is 11.9 Å². The molecular formula is C24H28O6. The highest BCUT2D eigenvalue weighted by Gasteiger charge is 2.53. The van der Waals surface area contributed by atoms with Gasteiger partial charge in [-0.15, -0.1) is 0 Å². The summed E-state index contributed by atoms with van der Waals surface area (Å²) in [6, 6.07) is 13.4. The molecule has 1 atom stereocenters. The van der Waals surface area contributed by atoms with Crippen LogP contribution in [0.15, 0.2) is 42.5 Å². The summed E-state index contributed by atoms with van der Waals surface area (Å²) in [5.41, 5.74) is 1.46. The lowest BCUT2D eigenvalue weighted by Crippen LogP contribution is -2.47. The van der Waals surface area contributed by atoms with Gasteiger partial charge in [-0.05, 0) is 43.9 Å². The minimum absolute atomic E-state index is 0.193. The van der Waals surface area contributed by atoms with Crippen LogP contribution < -0.4 is 9.47 Å². The van der Waals surface area contributed by atoms with Gasteiger partial charge in [-0.3, -0.25) is 9.59 Å². The Balaban J connectivity index is 2.18. The average molecular weight is 412 g/mol. The quantitative estimate of drug-likeness (QED) is 0.507. The number of ether oxygens (including phenoxy) is 4. The molecule has 3 rings (SSSR count). The summed E-state index contributed by atoms with van der Waals surface area (Å²) in [6.07, 6.45) is 0.486. The molecule has 1 aliphatic rings. The van der Waals surface area contributed by atoms with Crippen LogP contribution in [0.5, 0.6) is 11.5 Å². The van der Waals surface area contributed by atoms with Crippen LogP contribution in [0.2, 0.25) is 0 Å². The van der Waals surface area contributed by atoms with Crippen LogP contribution in [0.3, 0.4) is 0 Å². The van der Waals surface area contributed by atoms with Crippen molar-refractivity contribution in [2.45, 2.75) is 32.6 Å². The molecule has 6 heteroatoms. The zero-order valence-corrected chi connectivity index (χ0v) is 17.9. The molecule has 0 bridgehead atoms. The molecule has 0 aromatic heterocycles. The van der Waals surface area contributed by atoms with E-state index in [1.807, 2.05) is 42.5 Å². The highest BCUT2D eigenvalue weighted by molar-refractivity contribution is 6.01. The Morgan fingerprint density at radius 1 is 0.933 bits per heavy atom. The lowest BCUT2D eigenvalue weighted by molar-refractivity contribution is -0.173. The smallest absolute Gasteiger partial charge is 0.323 e. The van der Waals surface area contributed by atoms with E-state index in [0.717, 1.165) is 16.7 Å². The maximum Gasteiger partial charge on any atom is 0.323 e. The first-order chi connectivity index (χ1) is 14.5. The van der Waals surface area contributed by atoms with Gasteiger partial charge in [-0.2, -0.15) is 0 Å². The van der Waals surface area contributed by atoms with Gasteiger partial charge >= 0.3 is 11.9 Å². The van der Waals surface area contributed by atoms with E-state index in [-0.39, 0.29) is 32.0 Å². The molecule has 30 heavy (non-hydrogen) atoms. The normalized spacial score (nSPS) is 16.9. The number of methoxy groups -OCH3 is 2. The van der Waals surface area contributed by atoms with Crippen LogP contribution in [-0.2, 0) is 25.5 Å². The maximum absolute atomic E-state index is 13.1. The van der Waals surface area contributed by atoms with Gasteiger partial charge in [0.15, 0.2) is 5.41 Å². The molecule has 160 valence electrons. The second-order valence-corrected chi connectivity index (χ2v) is 7.26. The fraction of sp³-hybridized carbons (Fsp3) is 0.417. The SMILES string of the molecule is CCOC(=O)C1(C(=O)OCC)Cc2ccccc2C(c2ccc(OC)cc2OC)C1. The highest BCUT2D eigenvalue weighted by Crippen LogP contribution is 2.49. The first kappa shape index (κ1) is 21.7. The van der Waals surface area contributed by atoms with E-state index in [1.165, 1.54) is 0 Å². The molecule has 1 aliphatic carbocycles. The molecular weight excluding hydrogens is 384 g/mol. The van der Waals surface area contributed by atoms with Crippen molar-refractivity contribution in [1.29, 1.82) is 0 Å². The van der Waals surface area contributed by atoms with Crippen LogP contribution >= 0.6 is 0 Å². The number of esters is 2. The summed E-state index contributed by atoms with van der Waals surface area (Å²) < 4.78 is 21.7. The Labute approximate surface area is 177 Å². The molecule has 0 amide bonds. The fourth-order valence-corrected chi connectivity index (χ4v) is 4.21. The van der Waals surface area contributed by atoms with Crippen LogP contribution in [0.1, 0.15) is 42.9 Å². The van der Waals surface area contributed by atoms with E-state index in [0.29, 0.717) is 11.5 Å². The second kappa shape index (κ2) is 9.20. The van der Waals surface area contributed by atoms with Crippen LogP contribution in [0, 0.1) is 5.41 Å². The Kier molecular flexibility index (Phi) is 6.65. The standard InChI is InChI=1S/C24H28O6/c1-5-29-22(25)24(23(26)30-6-2)14-16-9-7-8-10-18(16)20(15-24)19-12-11-17(27-3)13-21(19)28-4/h7-13,20H,5-6,14-15H2,1-4H3. The third-order valence-corrected chi connectivity index (χ3v) is 5.62. The van der Waals surface area contributed by atoms with Crippen molar-refractivity contribution in [2.75, 3.05) is 27.4 Å².